The lowest BCUT2D eigenvalue weighted by Gasteiger charge is -2.14. The molecular formula is C22H20N2O5S2. The lowest BCUT2D eigenvalue weighted by molar-refractivity contribution is -0.116. The van der Waals surface area contributed by atoms with Crippen molar-refractivity contribution in [3.63, 3.8) is 0 Å². The molecule has 1 saturated heterocycles. The molecule has 2 aromatic carbocycles. The summed E-state index contributed by atoms with van der Waals surface area (Å²) in [5, 5.41) is 11.5. The van der Waals surface area contributed by atoms with Crippen LogP contribution in [0.15, 0.2) is 53.4 Å². The van der Waals surface area contributed by atoms with Crippen LogP contribution in [0.4, 0.5) is 10.5 Å². The zero-order chi connectivity index (χ0) is 22.4. The number of benzene rings is 2. The minimum Gasteiger partial charge on any atom is -0.497 e. The molecule has 2 N–H and O–H groups in total. The Labute approximate surface area is 189 Å². The van der Waals surface area contributed by atoms with Crippen molar-refractivity contribution >= 4 is 57.8 Å². The third-order valence-corrected chi connectivity index (χ3v) is 5.96. The zero-order valence-corrected chi connectivity index (χ0v) is 18.3. The highest BCUT2D eigenvalue weighted by molar-refractivity contribution is 8.19. The average Bonchev–Trinajstić information content (AvgIpc) is 3.01. The molecule has 1 aliphatic heterocycles. The van der Waals surface area contributed by atoms with Gasteiger partial charge in [-0.1, -0.05) is 30.4 Å². The maximum absolute atomic E-state index is 12.3. The Kier molecular flexibility index (Phi) is 7.43. The second-order valence-electron chi connectivity index (χ2n) is 6.64. The van der Waals surface area contributed by atoms with Gasteiger partial charge in [0.1, 0.15) is 10.7 Å². The number of aromatic carboxylic acids is 1. The monoisotopic (exact) mass is 456 g/mol. The Morgan fingerprint density at radius 3 is 2.65 bits per heavy atom. The maximum atomic E-state index is 12.3. The number of carbonyl (C=O) groups excluding carboxylic acids is 2. The fourth-order valence-corrected chi connectivity index (χ4v) is 4.18. The summed E-state index contributed by atoms with van der Waals surface area (Å²) in [6.07, 6.45) is 2.45. The molecule has 2 aromatic rings. The van der Waals surface area contributed by atoms with Crippen LogP contribution in [0.3, 0.4) is 0 Å². The van der Waals surface area contributed by atoms with E-state index >= 15 is 0 Å². The number of amides is 2. The van der Waals surface area contributed by atoms with Crippen molar-refractivity contribution in [2.75, 3.05) is 19.0 Å². The molecule has 0 atom stereocenters. The second-order valence-corrected chi connectivity index (χ2v) is 8.02. The van der Waals surface area contributed by atoms with E-state index in [2.05, 4.69) is 5.32 Å². The molecule has 0 aromatic heterocycles. The van der Waals surface area contributed by atoms with Crippen LogP contribution in [0.5, 0.6) is 5.75 Å². The van der Waals surface area contributed by atoms with E-state index in [9.17, 15) is 14.4 Å². The van der Waals surface area contributed by atoms with Crippen LogP contribution < -0.4 is 10.1 Å². The lowest BCUT2D eigenvalue weighted by Crippen LogP contribution is -2.28. The molecule has 3 rings (SSSR count). The first-order valence-electron chi connectivity index (χ1n) is 9.40. The van der Waals surface area contributed by atoms with Gasteiger partial charge in [0.05, 0.1) is 17.6 Å². The van der Waals surface area contributed by atoms with Crippen molar-refractivity contribution in [1.29, 1.82) is 0 Å². The van der Waals surface area contributed by atoms with Gasteiger partial charge in [-0.15, -0.1) is 0 Å². The number of carboxylic acids is 1. The molecule has 0 unspecified atom stereocenters. The van der Waals surface area contributed by atoms with Gasteiger partial charge in [0, 0.05) is 18.7 Å². The first-order valence-corrected chi connectivity index (χ1v) is 10.6. The van der Waals surface area contributed by atoms with Crippen molar-refractivity contribution in [2.24, 2.45) is 0 Å². The van der Waals surface area contributed by atoms with E-state index in [1.54, 1.807) is 19.2 Å². The summed E-state index contributed by atoms with van der Waals surface area (Å²) >= 11 is 6.52. The Bertz CT molecular complexity index is 1050. The molecule has 7 nitrogen and oxygen atoms in total. The van der Waals surface area contributed by atoms with Crippen molar-refractivity contribution in [2.45, 2.75) is 12.8 Å². The van der Waals surface area contributed by atoms with Crippen LogP contribution in [0.25, 0.3) is 6.08 Å². The van der Waals surface area contributed by atoms with Gasteiger partial charge in [0.2, 0.25) is 5.91 Å². The molecule has 0 spiro atoms. The number of carbonyl (C=O) groups is 3. The Morgan fingerprint density at radius 2 is 1.97 bits per heavy atom. The van der Waals surface area contributed by atoms with E-state index in [1.165, 1.54) is 17.0 Å². The van der Waals surface area contributed by atoms with Crippen LogP contribution in [0.2, 0.25) is 0 Å². The van der Waals surface area contributed by atoms with Gasteiger partial charge in [0.25, 0.3) is 5.24 Å². The van der Waals surface area contributed by atoms with Crippen molar-refractivity contribution in [3.8, 4) is 5.75 Å². The molecule has 9 heteroatoms. The number of nitrogens with one attached hydrogen (secondary N) is 1. The molecule has 0 aliphatic carbocycles. The van der Waals surface area contributed by atoms with Crippen LogP contribution in [-0.2, 0) is 4.79 Å². The first kappa shape index (κ1) is 22.5. The van der Waals surface area contributed by atoms with Crippen LogP contribution in [0.1, 0.15) is 28.8 Å². The lowest BCUT2D eigenvalue weighted by atomic mass is 10.2. The fraction of sp³-hybridized carbons (Fsp3) is 0.182. The molecule has 160 valence electrons. The second kappa shape index (κ2) is 10.2. The highest BCUT2D eigenvalue weighted by Crippen LogP contribution is 2.33. The van der Waals surface area contributed by atoms with Gasteiger partial charge >= 0.3 is 5.97 Å². The summed E-state index contributed by atoms with van der Waals surface area (Å²) in [6.45, 7) is 0.327. The van der Waals surface area contributed by atoms with Crippen LogP contribution in [0, 0.1) is 0 Å². The molecule has 0 radical (unpaired) electrons. The smallest absolute Gasteiger partial charge is 0.335 e. The van der Waals surface area contributed by atoms with Crippen LogP contribution >= 0.6 is 24.0 Å². The summed E-state index contributed by atoms with van der Waals surface area (Å²) in [6, 6.07) is 13.5. The van der Waals surface area contributed by atoms with E-state index in [0.717, 1.165) is 23.1 Å². The highest BCUT2D eigenvalue weighted by Gasteiger charge is 2.31. The molecule has 1 aliphatic rings. The number of nitrogens with zero attached hydrogens (tertiary/aromatic N) is 1. The number of methoxy groups -OCH3 is 1. The largest absolute Gasteiger partial charge is 0.497 e. The summed E-state index contributed by atoms with van der Waals surface area (Å²) in [5.41, 5.74) is 1.42. The topological polar surface area (TPSA) is 95.9 Å². The summed E-state index contributed by atoms with van der Waals surface area (Å²) in [5.74, 6) is -0.579. The maximum Gasteiger partial charge on any atom is 0.335 e. The van der Waals surface area contributed by atoms with E-state index in [4.69, 9.17) is 22.1 Å². The van der Waals surface area contributed by atoms with E-state index in [0.29, 0.717) is 28.5 Å². The Morgan fingerprint density at radius 1 is 1.23 bits per heavy atom. The van der Waals surface area contributed by atoms with Gasteiger partial charge in [-0.2, -0.15) is 0 Å². The predicted molar refractivity (Wildman–Crippen MR) is 125 cm³/mol. The number of thiocarbonyl (C=S) groups is 1. The number of anilines is 1. The molecule has 0 bridgehead atoms. The number of rotatable bonds is 8. The summed E-state index contributed by atoms with van der Waals surface area (Å²) in [4.78, 5) is 38.2. The van der Waals surface area contributed by atoms with Crippen LogP contribution in [-0.4, -0.2) is 45.8 Å². The molecule has 1 fully saturated rings. The molecule has 0 saturated carbocycles. The number of carboxylic acid groups (broad SMARTS) is 1. The Balaban J connectivity index is 1.53. The third-order valence-electron chi connectivity index (χ3n) is 4.47. The Hall–Kier alpha value is -3.17. The molecule has 2 amide bonds. The highest BCUT2D eigenvalue weighted by atomic mass is 32.2. The van der Waals surface area contributed by atoms with Crippen molar-refractivity contribution in [3.05, 3.63) is 64.6 Å². The molecule has 1 heterocycles. The number of hydrogen-bond donors (Lipinski definition) is 2. The summed E-state index contributed by atoms with van der Waals surface area (Å²) < 4.78 is 5.14. The van der Waals surface area contributed by atoms with Gasteiger partial charge < -0.3 is 15.2 Å². The van der Waals surface area contributed by atoms with Crippen molar-refractivity contribution in [1.82, 2.24) is 4.90 Å². The first-order chi connectivity index (χ1) is 14.9. The predicted octanol–water partition coefficient (Wildman–Crippen LogP) is 4.65. The molecular weight excluding hydrogens is 436 g/mol. The zero-order valence-electron chi connectivity index (χ0n) is 16.7. The normalized spacial score (nSPS) is 14.7. The number of ether oxygens (including phenoxy) is 1. The van der Waals surface area contributed by atoms with Crippen molar-refractivity contribution < 1.29 is 24.2 Å². The van der Waals surface area contributed by atoms with E-state index in [-0.39, 0.29) is 23.1 Å². The fourth-order valence-electron chi connectivity index (χ4n) is 2.90. The van der Waals surface area contributed by atoms with Gasteiger partial charge in [0.15, 0.2) is 0 Å². The number of thioether (sulfide) groups is 1. The summed E-state index contributed by atoms with van der Waals surface area (Å²) in [7, 11) is 1.60. The number of hydrogen-bond acceptors (Lipinski definition) is 6. The van der Waals surface area contributed by atoms with Gasteiger partial charge in [-0.05, 0) is 60.2 Å². The quantitative estimate of drug-likeness (QED) is 0.441. The molecule has 31 heavy (non-hydrogen) atoms. The van der Waals surface area contributed by atoms with E-state index in [1.807, 2.05) is 30.3 Å². The standard InChI is InChI=1S/C22H20N2O5S2/c1-29-17-9-7-14(8-10-17)12-18-20(30)24(22(28)31-18)11-3-6-19(25)23-16-5-2-4-15(13-16)21(26)27/h2,4-5,7-10,12-13H,3,6,11H2,1H3,(H,23,25)(H,26,27). The van der Waals surface area contributed by atoms with Gasteiger partial charge in [-0.25, -0.2) is 4.79 Å². The van der Waals surface area contributed by atoms with E-state index < -0.39 is 5.97 Å². The minimum atomic E-state index is -1.06. The van der Waals surface area contributed by atoms with Gasteiger partial charge in [-0.3, -0.25) is 14.5 Å². The third kappa shape index (κ3) is 5.93. The SMILES string of the molecule is COc1ccc(C=C2SC(=O)N(CCCC(=O)Nc3cccc(C(=O)O)c3)C2=S)cc1. The minimum absolute atomic E-state index is 0.0963. The average molecular weight is 457 g/mol.